The van der Waals surface area contributed by atoms with Crippen molar-refractivity contribution in [1.29, 1.82) is 0 Å². The van der Waals surface area contributed by atoms with Crippen LogP contribution < -0.4 is 11.1 Å². The maximum Gasteiger partial charge on any atom is 0.273 e. The summed E-state index contributed by atoms with van der Waals surface area (Å²) in [5.74, 6) is 0.363. The van der Waals surface area contributed by atoms with Crippen LogP contribution in [0.1, 0.15) is 81.1 Å². The molecule has 1 aromatic rings. The summed E-state index contributed by atoms with van der Waals surface area (Å²) in [4.78, 5) is 15.9. The van der Waals surface area contributed by atoms with E-state index in [0.717, 1.165) is 6.42 Å². The second kappa shape index (κ2) is 12.2. The standard InChI is InChI=1S/C17H31N3O2/c1-2-3-4-5-6-7-8-9-10-13-19-17(21)15-14-22-16(20-15)11-12-18/h14H,2-13,18H2,1H3,(H,19,21). The van der Waals surface area contributed by atoms with E-state index in [-0.39, 0.29) is 5.91 Å². The van der Waals surface area contributed by atoms with Crippen molar-refractivity contribution in [1.82, 2.24) is 10.3 Å². The summed E-state index contributed by atoms with van der Waals surface area (Å²) >= 11 is 0. The highest BCUT2D eigenvalue weighted by molar-refractivity contribution is 5.91. The SMILES string of the molecule is CCCCCCCCCCCNC(=O)c1coc(CCN)n1. The van der Waals surface area contributed by atoms with Crippen LogP contribution in [-0.2, 0) is 6.42 Å². The summed E-state index contributed by atoms with van der Waals surface area (Å²) in [5.41, 5.74) is 5.76. The Balaban J connectivity index is 1.98. The van der Waals surface area contributed by atoms with Crippen LogP contribution >= 0.6 is 0 Å². The third kappa shape index (κ3) is 8.17. The number of hydrogen-bond acceptors (Lipinski definition) is 4. The van der Waals surface area contributed by atoms with Crippen LogP contribution in [0.2, 0.25) is 0 Å². The number of nitrogens with two attached hydrogens (primary N) is 1. The number of aromatic nitrogens is 1. The first-order valence-electron chi connectivity index (χ1n) is 8.70. The Bertz CT molecular complexity index is 404. The highest BCUT2D eigenvalue weighted by atomic mass is 16.3. The van der Waals surface area contributed by atoms with Crippen molar-refractivity contribution in [3.05, 3.63) is 17.8 Å². The monoisotopic (exact) mass is 309 g/mol. The molecule has 0 spiro atoms. The third-order valence-electron chi connectivity index (χ3n) is 3.71. The average molecular weight is 309 g/mol. The number of rotatable bonds is 13. The molecule has 0 unspecified atom stereocenters. The fraction of sp³-hybridized carbons (Fsp3) is 0.765. The molecule has 0 radical (unpaired) electrons. The number of amides is 1. The van der Waals surface area contributed by atoms with Gasteiger partial charge in [0.25, 0.3) is 5.91 Å². The molecule has 0 aromatic carbocycles. The van der Waals surface area contributed by atoms with Gasteiger partial charge in [-0.3, -0.25) is 4.79 Å². The van der Waals surface area contributed by atoms with Gasteiger partial charge in [0, 0.05) is 19.5 Å². The van der Waals surface area contributed by atoms with Crippen LogP contribution in [-0.4, -0.2) is 24.0 Å². The smallest absolute Gasteiger partial charge is 0.273 e. The van der Waals surface area contributed by atoms with Gasteiger partial charge in [0.15, 0.2) is 11.6 Å². The maximum atomic E-state index is 11.8. The molecule has 0 atom stereocenters. The van der Waals surface area contributed by atoms with Gasteiger partial charge in [0.1, 0.15) is 6.26 Å². The topological polar surface area (TPSA) is 81.2 Å². The molecule has 0 aliphatic carbocycles. The molecule has 1 rings (SSSR count). The number of oxazole rings is 1. The number of nitrogens with one attached hydrogen (secondary N) is 1. The predicted molar refractivity (Wildman–Crippen MR) is 88.8 cm³/mol. The highest BCUT2D eigenvalue weighted by Crippen LogP contribution is 2.09. The highest BCUT2D eigenvalue weighted by Gasteiger charge is 2.10. The zero-order valence-corrected chi connectivity index (χ0v) is 13.9. The fourth-order valence-corrected chi connectivity index (χ4v) is 2.38. The minimum Gasteiger partial charge on any atom is -0.448 e. The Morgan fingerprint density at radius 2 is 1.77 bits per heavy atom. The number of nitrogens with zero attached hydrogens (tertiary/aromatic N) is 1. The molecule has 0 saturated heterocycles. The van der Waals surface area contributed by atoms with E-state index in [9.17, 15) is 4.79 Å². The molecule has 1 amide bonds. The summed E-state index contributed by atoms with van der Waals surface area (Å²) in [6, 6.07) is 0. The van der Waals surface area contributed by atoms with E-state index in [0.29, 0.717) is 31.1 Å². The first kappa shape index (κ1) is 18.7. The summed E-state index contributed by atoms with van der Waals surface area (Å²) in [6.07, 6.45) is 13.5. The lowest BCUT2D eigenvalue weighted by Gasteiger charge is -2.03. The van der Waals surface area contributed by atoms with Crippen molar-refractivity contribution in [2.24, 2.45) is 5.73 Å². The van der Waals surface area contributed by atoms with Crippen LogP contribution in [0.4, 0.5) is 0 Å². The molecule has 1 heterocycles. The zero-order valence-electron chi connectivity index (χ0n) is 13.9. The first-order chi connectivity index (χ1) is 10.8. The quantitative estimate of drug-likeness (QED) is 0.547. The molecule has 126 valence electrons. The lowest BCUT2D eigenvalue weighted by Crippen LogP contribution is -2.24. The van der Waals surface area contributed by atoms with E-state index in [1.54, 1.807) is 0 Å². The van der Waals surface area contributed by atoms with Gasteiger partial charge in [0.05, 0.1) is 0 Å². The van der Waals surface area contributed by atoms with Crippen molar-refractivity contribution in [2.45, 2.75) is 71.1 Å². The second-order valence-electron chi connectivity index (χ2n) is 5.75. The van der Waals surface area contributed by atoms with Gasteiger partial charge in [-0.2, -0.15) is 0 Å². The molecule has 0 aliphatic heterocycles. The van der Waals surface area contributed by atoms with Crippen molar-refractivity contribution >= 4 is 5.91 Å². The van der Waals surface area contributed by atoms with E-state index in [1.165, 1.54) is 57.6 Å². The molecular formula is C17H31N3O2. The molecular weight excluding hydrogens is 278 g/mol. The van der Waals surface area contributed by atoms with Crippen molar-refractivity contribution in [2.75, 3.05) is 13.1 Å². The summed E-state index contributed by atoms with van der Waals surface area (Å²) < 4.78 is 5.17. The van der Waals surface area contributed by atoms with Crippen LogP contribution in [0.5, 0.6) is 0 Å². The molecule has 0 aliphatic rings. The van der Waals surface area contributed by atoms with Gasteiger partial charge in [-0.15, -0.1) is 0 Å². The minimum absolute atomic E-state index is 0.161. The van der Waals surface area contributed by atoms with E-state index >= 15 is 0 Å². The number of carbonyl (C=O) groups is 1. The van der Waals surface area contributed by atoms with Crippen LogP contribution in [0, 0.1) is 0 Å². The average Bonchev–Trinajstić information content (AvgIpc) is 2.98. The van der Waals surface area contributed by atoms with Crippen LogP contribution in [0.3, 0.4) is 0 Å². The predicted octanol–water partition coefficient (Wildman–Crippen LogP) is 3.44. The molecule has 1 aromatic heterocycles. The van der Waals surface area contributed by atoms with E-state index in [1.807, 2.05) is 0 Å². The zero-order chi connectivity index (χ0) is 16.0. The summed E-state index contributed by atoms with van der Waals surface area (Å²) in [7, 11) is 0. The van der Waals surface area contributed by atoms with E-state index in [2.05, 4.69) is 17.2 Å². The Morgan fingerprint density at radius 1 is 1.14 bits per heavy atom. The number of unbranched alkanes of at least 4 members (excludes halogenated alkanes) is 8. The molecule has 5 nitrogen and oxygen atoms in total. The van der Waals surface area contributed by atoms with Crippen molar-refractivity contribution in [3.63, 3.8) is 0 Å². The molecule has 22 heavy (non-hydrogen) atoms. The Morgan fingerprint density at radius 3 is 2.41 bits per heavy atom. The molecule has 5 heteroatoms. The molecule has 3 N–H and O–H groups in total. The summed E-state index contributed by atoms with van der Waals surface area (Å²) in [5, 5.41) is 2.88. The largest absolute Gasteiger partial charge is 0.448 e. The molecule has 0 fully saturated rings. The van der Waals surface area contributed by atoms with Gasteiger partial charge in [-0.05, 0) is 6.42 Å². The fourth-order valence-electron chi connectivity index (χ4n) is 2.38. The van der Waals surface area contributed by atoms with Gasteiger partial charge < -0.3 is 15.5 Å². The van der Waals surface area contributed by atoms with Gasteiger partial charge in [-0.25, -0.2) is 4.98 Å². The van der Waals surface area contributed by atoms with Crippen molar-refractivity contribution < 1.29 is 9.21 Å². The maximum absolute atomic E-state index is 11.8. The van der Waals surface area contributed by atoms with Crippen LogP contribution in [0.15, 0.2) is 10.7 Å². The summed E-state index contributed by atoms with van der Waals surface area (Å²) in [6.45, 7) is 3.42. The lowest BCUT2D eigenvalue weighted by atomic mass is 10.1. The Hall–Kier alpha value is -1.36. The van der Waals surface area contributed by atoms with Gasteiger partial charge in [0.2, 0.25) is 0 Å². The Kier molecular flexibility index (Phi) is 10.4. The minimum atomic E-state index is -0.161. The van der Waals surface area contributed by atoms with Gasteiger partial charge >= 0.3 is 0 Å². The third-order valence-corrected chi connectivity index (χ3v) is 3.71. The first-order valence-corrected chi connectivity index (χ1v) is 8.70. The number of carbonyl (C=O) groups excluding carboxylic acids is 1. The number of hydrogen-bond donors (Lipinski definition) is 2. The molecule has 0 saturated carbocycles. The normalized spacial score (nSPS) is 10.8. The van der Waals surface area contributed by atoms with E-state index < -0.39 is 0 Å². The van der Waals surface area contributed by atoms with E-state index in [4.69, 9.17) is 10.2 Å². The molecule has 0 bridgehead atoms. The Labute approximate surface area is 134 Å². The van der Waals surface area contributed by atoms with Gasteiger partial charge in [-0.1, -0.05) is 58.3 Å². The second-order valence-corrected chi connectivity index (χ2v) is 5.75. The van der Waals surface area contributed by atoms with Crippen LogP contribution in [0.25, 0.3) is 0 Å². The lowest BCUT2D eigenvalue weighted by molar-refractivity contribution is 0.0948. The van der Waals surface area contributed by atoms with Crippen molar-refractivity contribution in [3.8, 4) is 0 Å².